The lowest BCUT2D eigenvalue weighted by molar-refractivity contribution is 0.302. The first-order chi connectivity index (χ1) is 8.58. The normalized spacial score (nSPS) is 10.4. The molecule has 94 valence electrons. The summed E-state index contributed by atoms with van der Waals surface area (Å²) in [5.41, 5.74) is 1.83. The van der Waals surface area contributed by atoms with E-state index in [1.165, 1.54) is 6.07 Å². The maximum absolute atomic E-state index is 13.3. The minimum absolute atomic E-state index is 0.274. The Bertz CT molecular complexity index is 570. The highest BCUT2D eigenvalue weighted by atomic mass is 79.9. The van der Waals surface area contributed by atoms with E-state index in [1.807, 2.05) is 31.2 Å². The van der Waals surface area contributed by atoms with Crippen LogP contribution in [0, 0.1) is 12.7 Å². The standard InChI is InChI=1S/C14H11Br2FO/c1-9-7-11(15)5-6-13(9)18-8-10-3-2-4-12(17)14(10)16/h2-7H,8H2,1H3. The Labute approximate surface area is 122 Å². The lowest BCUT2D eigenvalue weighted by Crippen LogP contribution is -1.99. The van der Waals surface area contributed by atoms with Gasteiger partial charge in [-0.1, -0.05) is 28.1 Å². The zero-order valence-corrected chi connectivity index (χ0v) is 12.9. The van der Waals surface area contributed by atoms with Crippen molar-refractivity contribution < 1.29 is 9.13 Å². The van der Waals surface area contributed by atoms with Gasteiger partial charge in [0.25, 0.3) is 0 Å². The first-order valence-corrected chi connectivity index (χ1v) is 6.98. The largest absolute Gasteiger partial charge is 0.489 e. The second-order valence-electron chi connectivity index (χ2n) is 3.91. The molecule has 0 amide bonds. The van der Waals surface area contributed by atoms with Crippen molar-refractivity contribution in [3.63, 3.8) is 0 Å². The third-order valence-electron chi connectivity index (χ3n) is 2.55. The van der Waals surface area contributed by atoms with Crippen LogP contribution in [0.4, 0.5) is 4.39 Å². The summed E-state index contributed by atoms with van der Waals surface area (Å²) in [6.45, 7) is 2.31. The molecule has 2 aromatic carbocycles. The predicted molar refractivity (Wildman–Crippen MR) is 77.3 cm³/mol. The molecule has 1 nitrogen and oxygen atoms in total. The van der Waals surface area contributed by atoms with E-state index in [2.05, 4.69) is 31.9 Å². The predicted octanol–water partition coefficient (Wildman–Crippen LogP) is 5.24. The zero-order chi connectivity index (χ0) is 13.1. The quantitative estimate of drug-likeness (QED) is 0.714. The highest BCUT2D eigenvalue weighted by Crippen LogP contribution is 2.25. The van der Waals surface area contributed by atoms with Crippen LogP contribution >= 0.6 is 31.9 Å². The van der Waals surface area contributed by atoms with Crippen molar-refractivity contribution >= 4 is 31.9 Å². The molecule has 0 N–H and O–H groups in total. The number of rotatable bonds is 3. The van der Waals surface area contributed by atoms with Gasteiger partial charge in [0.15, 0.2) is 0 Å². The van der Waals surface area contributed by atoms with Gasteiger partial charge >= 0.3 is 0 Å². The van der Waals surface area contributed by atoms with Crippen LogP contribution in [0.3, 0.4) is 0 Å². The summed E-state index contributed by atoms with van der Waals surface area (Å²) in [5, 5.41) is 0. The molecular weight excluding hydrogens is 363 g/mol. The van der Waals surface area contributed by atoms with Crippen molar-refractivity contribution in [1.29, 1.82) is 0 Å². The Morgan fingerprint density at radius 1 is 1.17 bits per heavy atom. The van der Waals surface area contributed by atoms with Crippen molar-refractivity contribution in [2.75, 3.05) is 0 Å². The van der Waals surface area contributed by atoms with E-state index in [0.29, 0.717) is 11.1 Å². The molecule has 0 spiro atoms. The molecule has 0 saturated heterocycles. The number of aryl methyl sites for hydroxylation is 1. The van der Waals surface area contributed by atoms with Crippen LogP contribution in [-0.4, -0.2) is 0 Å². The summed E-state index contributed by atoms with van der Waals surface area (Å²) < 4.78 is 20.5. The number of hydrogen-bond donors (Lipinski definition) is 0. The average molecular weight is 374 g/mol. The van der Waals surface area contributed by atoms with Crippen molar-refractivity contribution in [2.45, 2.75) is 13.5 Å². The number of benzene rings is 2. The first kappa shape index (κ1) is 13.6. The van der Waals surface area contributed by atoms with Gasteiger partial charge in [-0.3, -0.25) is 0 Å². The molecule has 0 fully saturated rings. The average Bonchev–Trinajstić information content (AvgIpc) is 2.33. The van der Waals surface area contributed by atoms with E-state index in [1.54, 1.807) is 6.07 Å². The highest BCUT2D eigenvalue weighted by molar-refractivity contribution is 9.10. The summed E-state index contributed by atoms with van der Waals surface area (Å²) in [5.74, 6) is 0.526. The molecule has 2 rings (SSSR count). The van der Waals surface area contributed by atoms with Gasteiger partial charge in [-0.05, 0) is 52.7 Å². The van der Waals surface area contributed by atoms with Crippen LogP contribution in [0.1, 0.15) is 11.1 Å². The van der Waals surface area contributed by atoms with Gasteiger partial charge in [0.05, 0.1) is 4.47 Å². The molecular formula is C14H11Br2FO. The topological polar surface area (TPSA) is 9.23 Å². The molecule has 0 heterocycles. The molecule has 2 aromatic rings. The fraction of sp³-hybridized carbons (Fsp3) is 0.143. The van der Waals surface area contributed by atoms with Crippen LogP contribution < -0.4 is 4.74 Å². The monoisotopic (exact) mass is 372 g/mol. The summed E-state index contributed by atoms with van der Waals surface area (Å²) in [7, 11) is 0. The Hall–Kier alpha value is -0.870. The van der Waals surface area contributed by atoms with Gasteiger partial charge in [0, 0.05) is 10.0 Å². The fourth-order valence-electron chi connectivity index (χ4n) is 1.59. The minimum atomic E-state index is -0.274. The van der Waals surface area contributed by atoms with Crippen molar-refractivity contribution in [2.24, 2.45) is 0 Å². The summed E-state index contributed by atoms with van der Waals surface area (Å²) in [6.07, 6.45) is 0. The molecule has 0 aliphatic heterocycles. The van der Waals surface area contributed by atoms with Crippen molar-refractivity contribution in [3.8, 4) is 5.75 Å². The number of halogens is 3. The number of ether oxygens (including phenoxy) is 1. The van der Waals surface area contributed by atoms with E-state index in [-0.39, 0.29) is 5.82 Å². The van der Waals surface area contributed by atoms with Crippen LogP contribution in [0.15, 0.2) is 45.3 Å². The summed E-state index contributed by atoms with van der Waals surface area (Å²) in [6, 6.07) is 10.7. The van der Waals surface area contributed by atoms with Crippen molar-refractivity contribution in [3.05, 3.63) is 62.3 Å². The lowest BCUT2D eigenvalue weighted by atomic mass is 10.2. The van der Waals surface area contributed by atoms with E-state index < -0.39 is 0 Å². The molecule has 0 radical (unpaired) electrons. The SMILES string of the molecule is Cc1cc(Br)ccc1OCc1cccc(F)c1Br. The van der Waals surface area contributed by atoms with Gasteiger partial charge < -0.3 is 4.74 Å². The third-order valence-corrected chi connectivity index (χ3v) is 3.93. The van der Waals surface area contributed by atoms with Gasteiger partial charge in [0.2, 0.25) is 0 Å². The van der Waals surface area contributed by atoms with Gasteiger partial charge in [-0.25, -0.2) is 4.39 Å². The second-order valence-corrected chi connectivity index (χ2v) is 5.62. The van der Waals surface area contributed by atoms with Gasteiger partial charge in [-0.2, -0.15) is 0 Å². The molecule has 4 heteroatoms. The van der Waals surface area contributed by atoms with Crippen LogP contribution in [0.2, 0.25) is 0 Å². The molecule has 0 aliphatic carbocycles. The van der Waals surface area contributed by atoms with Gasteiger partial charge in [-0.15, -0.1) is 0 Å². The Balaban J connectivity index is 2.14. The van der Waals surface area contributed by atoms with Crippen LogP contribution in [0.5, 0.6) is 5.75 Å². The van der Waals surface area contributed by atoms with E-state index >= 15 is 0 Å². The van der Waals surface area contributed by atoms with Crippen LogP contribution in [-0.2, 0) is 6.61 Å². The minimum Gasteiger partial charge on any atom is -0.489 e. The molecule has 0 bridgehead atoms. The smallest absolute Gasteiger partial charge is 0.137 e. The summed E-state index contributed by atoms with van der Waals surface area (Å²) >= 11 is 6.62. The first-order valence-electron chi connectivity index (χ1n) is 5.40. The Morgan fingerprint density at radius 3 is 2.67 bits per heavy atom. The van der Waals surface area contributed by atoms with Gasteiger partial charge in [0.1, 0.15) is 18.2 Å². The maximum Gasteiger partial charge on any atom is 0.137 e. The third kappa shape index (κ3) is 3.12. The van der Waals surface area contributed by atoms with E-state index in [9.17, 15) is 4.39 Å². The Morgan fingerprint density at radius 2 is 1.94 bits per heavy atom. The maximum atomic E-state index is 13.3. The summed E-state index contributed by atoms with van der Waals surface area (Å²) in [4.78, 5) is 0. The molecule has 0 atom stereocenters. The Kier molecular flexibility index (Phi) is 4.40. The second kappa shape index (κ2) is 5.85. The molecule has 0 aromatic heterocycles. The van der Waals surface area contributed by atoms with Crippen LogP contribution in [0.25, 0.3) is 0 Å². The molecule has 0 unspecified atom stereocenters. The van der Waals surface area contributed by atoms with E-state index in [4.69, 9.17) is 4.74 Å². The fourth-order valence-corrected chi connectivity index (χ4v) is 2.44. The molecule has 18 heavy (non-hydrogen) atoms. The van der Waals surface area contributed by atoms with Crippen molar-refractivity contribution in [1.82, 2.24) is 0 Å². The number of hydrogen-bond acceptors (Lipinski definition) is 1. The van der Waals surface area contributed by atoms with E-state index in [0.717, 1.165) is 21.3 Å². The lowest BCUT2D eigenvalue weighted by Gasteiger charge is -2.10. The highest BCUT2D eigenvalue weighted by Gasteiger charge is 2.06. The zero-order valence-electron chi connectivity index (χ0n) is 9.71. The molecule has 0 saturated carbocycles. The molecule has 0 aliphatic rings.